The maximum absolute atomic E-state index is 11.9. The highest BCUT2D eigenvalue weighted by atomic mass is 16.5. The Bertz CT molecular complexity index is 740. The van der Waals surface area contributed by atoms with Crippen molar-refractivity contribution < 1.29 is 19.0 Å². The lowest BCUT2D eigenvalue weighted by Crippen LogP contribution is -2.23. The molecule has 0 radical (unpaired) electrons. The molecule has 5 nitrogen and oxygen atoms in total. The van der Waals surface area contributed by atoms with Crippen LogP contribution in [0.5, 0.6) is 17.2 Å². The van der Waals surface area contributed by atoms with E-state index in [4.69, 9.17) is 14.2 Å². The van der Waals surface area contributed by atoms with E-state index in [9.17, 15) is 4.79 Å². The minimum absolute atomic E-state index is 0.147. The summed E-state index contributed by atoms with van der Waals surface area (Å²) in [7, 11) is 4.81. The molecule has 132 valence electrons. The molecule has 0 spiro atoms. The van der Waals surface area contributed by atoms with E-state index >= 15 is 0 Å². The monoisotopic (exact) mass is 341 g/mol. The molecular formula is C20H23NO4. The molecular weight excluding hydrogens is 318 g/mol. The van der Waals surface area contributed by atoms with Crippen LogP contribution in [0.1, 0.15) is 11.1 Å². The summed E-state index contributed by atoms with van der Waals surface area (Å²) < 4.78 is 15.7. The molecule has 0 saturated heterocycles. The Hall–Kier alpha value is -2.95. The Balaban J connectivity index is 1.87. The maximum atomic E-state index is 11.9. The van der Waals surface area contributed by atoms with Crippen molar-refractivity contribution in [3.8, 4) is 17.2 Å². The fraction of sp³-hybridized carbons (Fsp3) is 0.250. The highest BCUT2D eigenvalue weighted by molar-refractivity contribution is 5.92. The van der Waals surface area contributed by atoms with Gasteiger partial charge in [0.1, 0.15) is 5.75 Å². The SMILES string of the molecule is COc1ccccc1C=CC(=O)NCCc1ccc(OC)c(OC)c1. The first-order chi connectivity index (χ1) is 12.2. The second kappa shape index (κ2) is 9.37. The van der Waals surface area contributed by atoms with Gasteiger partial charge in [-0.1, -0.05) is 24.3 Å². The Morgan fingerprint density at radius 3 is 2.40 bits per heavy atom. The van der Waals surface area contributed by atoms with E-state index in [1.54, 1.807) is 27.4 Å². The second-order valence-corrected chi connectivity index (χ2v) is 5.31. The largest absolute Gasteiger partial charge is 0.496 e. The van der Waals surface area contributed by atoms with Gasteiger partial charge in [0.2, 0.25) is 5.91 Å². The van der Waals surface area contributed by atoms with Gasteiger partial charge in [-0.2, -0.15) is 0 Å². The summed E-state index contributed by atoms with van der Waals surface area (Å²) in [6.07, 6.45) is 3.95. The summed E-state index contributed by atoms with van der Waals surface area (Å²) in [6.45, 7) is 0.532. The van der Waals surface area contributed by atoms with Gasteiger partial charge in [0.25, 0.3) is 0 Å². The highest BCUT2D eigenvalue weighted by Gasteiger charge is 2.05. The Morgan fingerprint density at radius 1 is 0.960 bits per heavy atom. The summed E-state index contributed by atoms with van der Waals surface area (Å²) >= 11 is 0. The molecule has 5 heteroatoms. The Morgan fingerprint density at radius 2 is 1.68 bits per heavy atom. The molecule has 0 aliphatic carbocycles. The van der Waals surface area contributed by atoms with Gasteiger partial charge < -0.3 is 19.5 Å². The molecule has 0 aliphatic rings. The number of para-hydroxylation sites is 1. The number of methoxy groups -OCH3 is 3. The molecule has 1 N–H and O–H groups in total. The minimum atomic E-state index is -0.147. The Kier molecular flexibility index (Phi) is 6.89. The molecule has 0 heterocycles. The molecule has 2 aromatic carbocycles. The lowest BCUT2D eigenvalue weighted by atomic mass is 10.1. The van der Waals surface area contributed by atoms with Gasteiger partial charge in [-0.3, -0.25) is 4.79 Å². The number of nitrogens with one attached hydrogen (secondary N) is 1. The van der Waals surface area contributed by atoms with Crippen LogP contribution in [0.2, 0.25) is 0 Å². The molecule has 0 atom stereocenters. The maximum Gasteiger partial charge on any atom is 0.244 e. The molecule has 0 aromatic heterocycles. The van der Waals surface area contributed by atoms with E-state index in [1.807, 2.05) is 42.5 Å². The molecule has 0 fully saturated rings. The van der Waals surface area contributed by atoms with Crippen molar-refractivity contribution in [2.45, 2.75) is 6.42 Å². The van der Waals surface area contributed by atoms with Crippen molar-refractivity contribution in [3.63, 3.8) is 0 Å². The fourth-order valence-electron chi connectivity index (χ4n) is 2.39. The van der Waals surface area contributed by atoms with Gasteiger partial charge in [0.15, 0.2) is 11.5 Å². The van der Waals surface area contributed by atoms with Crippen LogP contribution >= 0.6 is 0 Å². The number of hydrogen-bond acceptors (Lipinski definition) is 4. The average Bonchev–Trinajstić information content (AvgIpc) is 2.66. The van der Waals surface area contributed by atoms with Crippen LogP contribution in [0.3, 0.4) is 0 Å². The minimum Gasteiger partial charge on any atom is -0.496 e. The number of rotatable bonds is 8. The van der Waals surface area contributed by atoms with Gasteiger partial charge in [0.05, 0.1) is 21.3 Å². The van der Waals surface area contributed by atoms with E-state index in [2.05, 4.69) is 5.32 Å². The normalized spacial score (nSPS) is 10.5. The summed E-state index contributed by atoms with van der Waals surface area (Å²) in [5.74, 6) is 1.96. The van der Waals surface area contributed by atoms with Gasteiger partial charge in [-0.25, -0.2) is 0 Å². The zero-order valence-corrected chi connectivity index (χ0v) is 14.7. The first kappa shape index (κ1) is 18.4. The molecule has 2 rings (SSSR count). The average molecular weight is 341 g/mol. The third-order valence-corrected chi connectivity index (χ3v) is 3.71. The van der Waals surface area contributed by atoms with Crippen LogP contribution in [-0.2, 0) is 11.2 Å². The van der Waals surface area contributed by atoms with Crippen molar-refractivity contribution in [2.75, 3.05) is 27.9 Å². The first-order valence-corrected chi connectivity index (χ1v) is 7.97. The topological polar surface area (TPSA) is 56.8 Å². The van der Waals surface area contributed by atoms with Crippen molar-refractivity contribution in [1.82, 2.24) is 5.32 Å². The zero-order chi connectivity index (χ0) is 18.1. The number of carbonyl (C=O) groups excluding carboxylic acids is 1. The van der Waals surface area contributed by atoms with E-state index < -0.39 is 0 Å². The molecule has 0 saturated carbocycles. The van der Waals surface area contributed by atoms with E-state index in [0.29, 0.717) is 24.5 Å². The number of hydrogen-bond donors (Lipinski definition) is 1. The van der Waals surface area contributed by atoms with Crippen LogP contribution in [-0.4, -0.2) is 33.8 Å². The molecule has 1 amide bonds. The summed E-state index contributed by atoms with van der Waals surface area (Å²) in [5, 5.41) is 2.87. The highest BCUT2D eigenvalue weighted by Crippen LogP contribution is 2.27. The van der Waals surface area contributed by atoms with E-state index in [0.717, 1.165) is 16.9 Å². The van der Waals surface area contributed by atoms with E-state index in [1.165, 1.54) is 6.08 Å². The third-order valence-electron chi connectivity index (χ3n) is 3.71. The van der Waals surface area contributed by atoms with Crippen LogP contribution in [0, 0.1) is 0 Å². The second-order valence-electron chi connectivity index (χ2n) is 5.31. The number of carbonyl (C=O) groups is 1. The van der Waals surface area contributed by atoms with Crippen LogP contribution < -0.4 is 19.5 Å². The van der Waals surface area contributed by atoms with Crippen molar-refractivity contribution in [3.05, 3.63) is 59.7 Å². The predicted octanol–water partition coefficient (Wildman–Crippen LogP) is 3.08. The lowest BCUT2D eigenvalue weighted by Gasteiger charge is -2.09. The number of ether oxygens (including phenoxy) is 3. The van der Waals surface area contributed by atoms with Crippen LogP contribution in [0.15, 0.2) is 48.5 Å². The molecule has 2 aromatic rings. The smallest absolute Gasteiger partial charge is 0.244 e. The summed E-state index contributed by atoms with van der Waals surface area (Å²) in [6, 6.07) is 13.3. The summed E-state index contributed by atoms with van der Waals surface area (Å²) in [5.41, 5.74) is 1.92. The lowest BCUT2D eigenvalue weighted by molar-refractivity contribution is -0.116. The quantitative estimate of drug-likeness (QED) is 0.750. The number of amides is 1. The van der Waals surface area contributed by atoms with Crippen molar-refractivity contribution in [1.29, 1.82) is 0 Å². The van der Waals surface area contributed by atoms with Gasteiger partial charge in [-0.05, 0) is 36.3 Å². The number of benzene rings is 2. The summed E-state index contributed by atoms with van der Waals surface area (Å²) in [4.78, 5) is 11.9. The van der Waals surface area contributed by atoms with Crippen LogP contribution in [0.4, 0.5) is 0 Å². The van der Waals surface area contributed by atoms with Crippen molar-refractivity contribution in [2.24, 2.45) is 0 Å². The first-order valence-electron chi connectivity index (χ1n) is 7.97. The Labute approximate surface area is 148 Å². The zero-order valence-electron chi connectivity index (χ0n) is 14.7. The molecule has 0 aliphatic heterocycles. The van der Waals surface area contributed by atoms with Gasteiger partial charge in [0, 0.05) is 18.2 Å². The van der Waals surface area contributed by atoms with Gasteiger partial charge >= 0.3 is 0 Å². The molecule has 0 unspecified atom stereocenters. The molecule has 25 heavy (non-hydrogen) atoms. The fourth-order valence-corrected chi connectivity index (χ4v) is 2.39. The predicted molar refractivity (Wildman–Crippen MR) is 98.3 cm³/mol. The third kappa shape index (κ3) is 5.28. The molecule has 0 bridgehead atoms. The van der Waals surface area contributed by atoms with Crippen molar-refractivity contribution >= 4 is 12.0 Å². The van der Waals surface area contributed by atoms with E-state index in [-0.39, 0.29) is 5.91 Å². The van der Waals surface area contributed by atoms with Gasteiger partial charge in [-0.15, -0.1) is 0 Å². The standard InChI is InChI=1S/C20H23NO4/c1-23-17-7-5-4-6-16(17)9-11-20(22)21-13-12-15-8-10-18(24-2)19(14-15)25-3/h4-11,14H,12-13H2,1-3H3,(H,21,22). The van der Waals surface area contributed by atoms with Crippen LogP contribution in [0.25, 0.3) is 6.08 Å².